The molecular weight excluding hydrogens is 531 g/mol. The van der Waals surface area contributed by atoms with Crippen molar-refractivity contribution in [3.05, 3.63) is 48.0 Å². The second-order valence-electron chi connectivity index (χ2n) is 8.95. The predicted octanol–water partition coefficient (Wildman–Crippen LogP) is 0.737. The number of nitrogens with two attached hydrogens (primary N) is 1. The van der Waals surface area contributed by atoms with Crippen molar-refractivity contribution in [1.29, 1.82) is 0 Å². The third-order valence-corrected chi connectivity index (χ3v) is 6.05. The maximum absolute atomic E-state index is 12.2. The standard InChI is InChI=1S/C24H27N6O8P/c1-13(2)36-23(33)14(3)29-35-11-24(9-8-15-6-4-5-7-17(15)38-39-34)20(32)18(31)19(37-24)16-10-26-22-21(25)27-12-28-30(16)22/h4-7,10,12-14,18-20,29,31-32H,11H2,1-3H3,(H2,25,27,28)/t14-,18?,19-,20?,24+/m0/s1. The Bertz CT molecular complexity index is 1410. The number of nitrogen functional groups attached to an aromatic ring is 1. The summed E-state index contributed by atoms with van der Waals surface area (Å²) >= 11 is 0. The van der Waals surface area contributed by atoms with Gasteiger partial charge in [0.2, 0.25) is 0 Å². The van der Waals surface area contributed by atoms with Gasteiger partial charge in [0, 0.05) is 0 Å². The minimum atomic E-state index is -1.82. The Labute approximate surface area is 224 Å². The van der Waals surface area contributed by atoms with Gasteiger partial charge in [0.1, 0.15) is 37.3 Å². The Morgan fingerprint density at radius 3 is 2.82 bits per heavy atom. The van der Waals surface area contributed by atoms with Gasteiger partial charge in [-0.15, -0.1) is 0 Å². The van der Waals surface area contributed by atoms with Gasteiger partial charge in [0.15, 0.2) is 22.8 Å². The van der Waals surface area contributed by atoms with Crippen molar-refractivity contribution in [2.75, 3.05) is 12.3 Å². The van der Waals surface area contributed by atoms with E-state index in [2.05, 4.69) is 32.4 Å². The lowest BCUT2D eigenvalue weighted by Crippen LogP contribution is -2.48. The number of ether oxygens (including phenoxy) is 2. The maximum atomic E-state index is 12.2. The molecule has 1 aromatic carbocycles. The Kier molecular flexibility index (Phi) is 8.71. The van der Waals surface area contributed by atoms with Crippen molar-refractivity contribution in [2.24, 2.45) is 0 Å². The molecule has 0 bridgehead atoms. The Morgan fingerprint density at radius 2 is 2.08 bits per heavy atom. The number of aliphatic hydroxyl groups excluding tert-OH is 2. The molecule has 3 heterocycles. The van der Waals surface area contributed by atoms with Gasteiger partial charge in [-0.05, 0) is 32.9 Å². The molecule has 0 radical (unpaired) electrons. The zero-order chi connectivity index (χ0) is 28.2. The number of aliphatic hydroxyl groups is 2. The summed E-state index contributed by atoms with van der Waals surface area (Å²) in [6.07, 6.45) is -1.95. The number of imidazole rings is 1. The summed E-state index contributed by atoms with van der Waals surface area (Å²) in [4.78, 5) is 25.8. The molecule has 39 heavy (non-hydrogen) atoms. The van der Waals surface area contributed by atoms with Crippen LogP contribution in [-0.4, -0.2) is 72.3 Å². The van der Waals surface area contributed by atoms with E-state index >= 15 is 0 Å². The van der Waals surface area contributed by atoms with E-state index in [-0.39, 0.29) is 29.0 Å². The van der Waals surface area contributed by atoms with E-state index in [4.69, 9.17) is 24.6 Å². The van der Waals surface area contributed by atoms with Crippen LogP contribution in [0.3, 0.4) is 0 Å². The summed E-state index contributed by atoms with van der Waals surface area (Å²) < 4.78 is 28.8. The molecule has 0 amide bonds. The third-order valence-electron chi connectivity index (χ3n) is 5.78. The molecule has 0 saturated carbocycles. The van der Waals surface area contributed by atoms with Gasteiger partial charge < -0.3 is 29.9 Å². The number of anilines is 1. The number of para-hydroxylation sites is 1. The molecule has 5 N–H and O–H groups in total. The summed E-state index contributed by atoms with van der Waals surface area (Å²) in [6, 6.07) is 5.68. The molecule has 1 aliphatic heterocycles. The average Bonchev–Trinajstić information content (AvgIpc) is 3.44. The molecule has 1 fully saturated rings. The molecule has 5 atom stereocenters. The molecule has 2 aromatic heterocycles. The van der Waals surface area contributed by atoms with Crippen LogP contribution in [-0.2, 0) is 23.7 Å². The number of hydrogen-bond acceptors (Lipinski definition) is 13. The van der Waals surface area contributed by atoms with E-state index in [1.54, 1.807) is 38.1 Å². The molecule has 0 spiro atoms. The van der Waals surface area contributed by atoms with E-state index in [1.807, 2.05) is 0 Å². The molecule has 1 saturated heterocycles. The second kappa shape index (κ2) is 12.0. The summed E-state index contributed by atoms with van der Waals surface area (Å²) in [6.45, 7) is 4.54. The number of fused-ring (bicyclic) bond motifs is 1. The number of rotatable bonds is 9. The van der Waals surface area contributed by atoms with E-state index in [0.29, 0.717) is 5.56 Å². The fraction of sp³-hybridized carbons (Fsp3) is 0.417. The van der Waals surface area contributed by atoms with E-state index in [0.717, 1.165) is 0 Å². The van der Waals surface area contributed by atoms with Crippen LogP contribution >= 0.6 is 8.69 Å². The topological polar surface area (TPSA) is 193 Å². The number of hydroxylamine groups is 1. The van der Waals surface area contributed by atoms with Crippen molar-refractivity contribution in [3.63, 3.8) is 0 Å². The van der Waals surface area contributed by atoms with Gasteiger partial charge in [-0.1, -0.05) is 24.0 Å². The number of hydrogen-bond donors (Lipinski definition) is 4. The third kappa shape index (κ3) is 5.99. The second-order valence-corrected chi connectivity index (χ2v) is 9.28. The normalized spacial score (nSPS) is 23.5. The zero-order valence-corrected chi connectivity index (χ0v) is 22.1. The average molecular weight is 558 g/mol. The highest BCUT2D eigenvalue weighted by Gasteiger charge is 2.55. The van der Waals surface area contributed by atoms with Gasteiger partial charge >= 0.3 is 14.7 Å². The van der Waals surface area contributed by atoms with Gasteiger partial charge in [-0.2, -0.15) is 10.6 Å². The first kappa shape index (κ1) is 28.3. The molecule has 206 valence electrons. The first-order valence-electron chi connectivity index (χ1n) is 11.8. The number of carbonyl (C=O) groups excluding carboxylic acids is 1. The molecule has 3 aromatic rings. The molecule has 15 heteroatoms. The van der Waals surface area contributed by atoms with E-state index < -0.39 is 51.2 Å². The molecule has 2 unspecified atom stereocenters. The fourth-order valence-corrected chi connectivity index (χ4v) is 4.11. The lowest BCUT2D eigenvalue weighted by Gasteiger charge is -2.27. The number of esters is 1. The summed E-state index contributed by atoms with van der Waals surface area (Å²) in [5.41, 5.74) is 7.47. The van der Waals surface area contributed by atoms with Crippen molar-refractivity contribution in [1.82, 2.24) is 25.1 Å². The minimum absolute atomic E-state index is 0.111. The van der Waals surface area contributed by atoms with Crippen molar-refractivity contribution < 1.29 is 38.4 Å². The predicted molar refractivity (Wildman–Crippen MR) is 135 cm³/mol. The number of nitrogens with one attached hydrogen (secondary N) is 1. The number of carbonyl (C=O) groups is 1. The van der Waals surface area contributed by atoms with Crippen LogP contribution in [0.2, 0.25) is 0 Å². The van der Waals surface area contributed by atoms with Gasteiger partial charge in [-0.3, -0.25) is 9.63 Å². The SMILES string of the molecule is CC(C)OC(=O)[C@H](C)NOC[C@@]1(C#Cc2ccccc2OP=O)O[C@@H](c2cnc3c(N)ncnn23)C(O)C1O. The number of benzene rings is 1. The first-order chi connectivity index (χ1) is 18.7. The van der Waals surface area contributed by atoms with Gasteiger partial charge in [0.05, 0.1) is 23.6 Å². The summed E-state index contributed by atoms with van der Waals surface area (Å²) in [5.74, 6) is 5.47. The van der Waals surface area contributed by atoms with Crippen LogP contribution in [0.4, 0.5) is 5.82 Å². The van der Waals surface area contributed by atoms with Crippen LogP contribution < -0.4 is 15.7 Å². The van der Waals surface area contributed by atoms with Gasteiger partial charge in [-0.25, -0.2) is 19.0 Å². The molecular formula is C24H27N6O8P. The van der Waals surface area contributed by atoms with Crippen LogP contribution in [0.1, 0.15) is 38.1 Å². The highest BCUT2D eigenvalue weighted by Crippen LogP contribution is 2.40. The highest BCUT2D eigenvalue weighted by atomic mass is 31.1. The van der Waals surface area contributed by atoms with Crippen LogP contribution in [0.25, 0.3) is 5.65 Å². The molecule has 0 aliphatic carbocycles. The summed E-state index contributed by atoms with van der Waals surface area (Å²) in [5, 5.41) is 26.4. The maximum Gasteiger partial charge on any atom is 0.395 e. The largest absolute Gasteiger partial charge is 0.462 e. The van der Waals surface area contributed by atoms with Crippen molar-refractivity contribution in [3.8, 4) is 17.6 Å². The number of nitrogens with zero attached hydrogens (tertiary/aromatic N) is 4. The van der Waals surface area contributed by atoms with Crippen molar-refractivity contribution >= 4 is 26.1 Å². The monoisotopic (exact) mass is 558 g/mol. The molecule has 1 aliphatic rings. The van der Waals surface area contributed by atoms with E-state index in [9.17, 15) is 19.6 Å². The highest BCUT2D eigenvalue weighted by molar-refractivity contribution is 7.17. The number of aromatic nitrogens is 4. The zero-order valence-electron chi connectivity index (χ0n) is 21.2. The first-order valence-corrected chi connectivity index (χ1v) is 12.6. The van der Waals surface area contributed by atoms with E-state index in [1.165, 1.54) is 24.0 Å². The summed E-state index contributed by atoms with van der Waals surface area (Å²) in [7, 11) is -0.578. The van der Waals surface area contributed by atoms with Gasteiger partial charge in [0.25, 0.3) is 0 Å². The van der Waals surface area contributed by atoms with Crippen LogP contribution in [0.15, 0.2) is 36.8 Å². The fourth-order valence-electron chi connectivity index (χ4n) is 3.87. The Hall–Kier alpha value is -3.70. The Morgan fingerprint density at radius 1 is 1.31 bits per heavy atom. The minimum Gasteiger partial charge on any atom is -0.462 e. The molecule has 4 rings (SSSR count). The van der Waals surface area contributed by atoms with Crippen LogP contribution in [0.5, 0.6) is 5.75 Å². The lowest BCUT2D eigenvalue weighted by atomic mass is 9.95. The molecule has 14 nitrogen and oxygen atoms in total. The lowest BCUT2D eigenvalue weighted by molar-refractivity contribution is -0.158. The Balaban J connectivity index is 1.67. The smallest absolute Gasteiger partial charge is 0.395 e. The quantitative estimate of drug-likeness (QED) is 0.124. The van der Waals surface area contributed by atoms with Crippen molar-refractivity contribution in [2.45, 2.75) is 56.8 Å². The van der Waals surface area contributed by atoms with Crippen LogP contribution in [0, 0.1) is 11.8 Å².